The molecule has 3 heteroatoms. The molecular formula is C29H23N3. The Morgan fingerprint density at radius 3 is 1.19 bits per heavy atom. The number of hydrogen-bond donors (Lipinski definition) is 0. The van der Waals surface area contributed by atoms with Crippen LogP contribution in [0.3, 0.4) is 0 Å². The molecule has 5 aromatic rings. The third-order valence-electron chi connectivity index (χ3n) is 5.40. The standard InChI is InChI=1S/C29H23N3/c1-20-17-21(2)19-26(18-20)22-13-15-25(16-14-22)29-31-27(23-9-5-3-6-10-23)30-28(32-29)24-11-7-4-8-12-24/h3-19H,1-2H3. The topological polar surface area (TPSA) is 38.7 Å². The van der Waals surface area contributed by atoms with Gasteiger partial charge >= 0.3 is 0 Å². The summed E-state index contributed by atoms with van der Waals surface area (Å²) in [5, 5.41) is 0. The summed E-state index contributed by atoms with van der Waals surface area (Å²) in [5.41, 5.74) is 7.85. The van der Waals surface area contributed by atoms with Gasteiger partial charge in [-0.15, -0.1) is 0 Å². The first-order chi connectivity index (χ1) is 15.7. The Morgan fingerprint density at radius 2 is 0.750 bits per heavy atom. The van der Waals surface area contributed by atoms with E-state index in [9.17, 15) is 0 Å². The molecule has 0 fully saturated rings. The zero-order chi connectivity index (χ0) is 21.9. The van der Waals surface area contributed by atoms with Gasteiger partial charge in [-0.05, 0) is 25.0 Å². The van der Waals surface area contributed by atoms with E-state index in [2.05, 4.69) is 56.3 Å². The summed E-state index contributed by atoms with van der Waals surface area (Å²) in [6.07, 6.45) is 0. The Hall–Kier alpha value is -4.11. The molecule has 0 N–H and O–H groups in total. The van der Waals surface area contributed by atoms with E-state index < -0.39 is 0 Å². The van der Waals surface area contributed by atoms with Gasteiger partial charge in [-0.1, -0.05) is 114 Å². The fourth-order valence-corrected chi connectivity index (χ4v) is 3.89. The smallest absolute Gasteiger partial charge is 0.164 e. The minimum atomic E-state index is 0.671. The van der Waals surface area contributed by atoms with Crippen molar-refractivity contribution in [3.63, 3.8) is 0 Å². The highest BCUT2D eigenvalue weighted by atomic mass is 15.0. The number of benzene rings is 4. The summed E-state index contributed by atoms with van der Waals surface area (Å²) < 4.78 is 0. The zero-order valence-electron chi connectivity index (χ0n) is 18.2. The van der Waals surface area contributed by atoms with Crippen molar-refractivity contribution in [2.45, 2.75) is 13.8 Å². The predicted octanol–water partition coefficient (Wildman–Crippen LogP) is 7.16. The van der Waals surface area contributed by atoms with Gasteiger partial charge in [0.2, 0.25) is 0 Å². The van der Waals surface area contributed by atoms with Crippen LogP contribution in [0.5, 0.6) is 0 Å². The van der Waals surface area contributed by atoms with Crippen molar-refractivity contribution in [1.82, 2.24) is 15.0 Å². The van der Waals surface area contributed by atoms with Crippen LogP contribution in [0, 0.1) is 13.8 Å². The molecular weight excluding hydrogens is 390 g/mol. The quantitative estimate of drug-likeness (QED) is 0.314. The number of hydrogen-bond acceptors (Lipinski definition) is 3. The Bertz CT molecular complexity index is 1280. The van der Waals surface area contributed by atoms with Crippen LogP contribution in [-0.2, 0) is 0 Å². The molecule has 32 heavy (non-hydrogen) atoms. The van der Waals surface area contributed by atoms with Crippen LogP contribution in [-0.4, -0.2) is 15.0 Å². The Morgan fingerprint density at radius 1 is 0.375 bits per heavy atom. The summed E-state index contributed by atoms with van der Waals surface area (Å²) in [6, 6.07) is 35.2. The first kappa shape index (κ1) is 19.8. The van der Waals surface area contributed by atoms with Crippen molar-refractivity contribution >= 4 is 0 Å². The van der Waals surface area contributed by atoms with Gasteiger partial charge in [0.05, 0.1) is 0 Å². The predicted molar refractivity (Wildman–Crippen MR) is 131 cm³/mol. The summed E-state index contributed by atoms with van der Waals surface area (Å²) in [4.78, 5) is 14.4. The normalized spacial score (nSPS) is 10.8. The number of aromatic nitrogens is 3. The Kier molecular flexibility index (Phi) is 5.30. The largest absolute Gasteiger partial charge is 0.208 e. The highest BCUT2D eigenvalue weighted by Crippen LogP contribution is 2.27. The molecule has 154 valence electrons. The van der Waals surface area contributed by atoms with Gasteiger partial charge in [-0.25, -0.2) is 15.0 Å². The molecule has 0 atom stereocenters. The molecule has 0 aliphatic rings. The van der Waals surface area contributed by atoms with Crippen molar-refractivity contribution in [1.29, 1.82) is 0 Å². The van der Waals surface area contributed by atoms with Crippen LogP contribution >= 0.6 is 0 Å². The zero-order valence-corrected chi connectivity index (χ0v) is 18.2. The van der Waals surface area contributed by atoms with Crippen LogP contribution in [0.1, 0.15) is 11.1 Å². The van der Waals surface area contributed by atoms with E-state index in [1.807, 2.05) is 60.7 Å². The van der Waals surface area contributed by atoms with E-state index in [0.717, 1.165) is 16.7 Å². The van der Waals surface area contributed by atoms with E-state index in [-0.39, 0.29) is 0 Å². The van der Waals surface area contributed by atoms with Crippen molar-refractivity contribution in [2.24, 2.45) is 0 Å². The number of rotatable bonds is 4. The molecule has 0 aliphatic heterocycles. The Balaban J connectivity index is 1.59. The van der Waals surface area contributed by atoms with Gasteiger partial charge in [0, 0.05) is 16.7 Å². The van der Waals surface area contributed by atoms with E-state index in [1.165, 1.54) is 22.3 Å². The van der Waals surface area contributed by atoms with Crippen molar-refractivity contribution in [2.75, 3.05) is 0 Å². The lowest BCUT2D eigenvalue weighted by atomic mass is 9.99. The van der Waals surface area contributed by atoms with Crippen LogP contribution in [0.15, 0.2) is 103 Å². The molecule has 0 amide bonds. The second kappa shape index (κ2) is 8.56. The second-order valence-corrected chi connectivity index (χ2v) is 7.99. The van der Waals surface area contributed by atoms with Gasteiger partial charge in [0.15, 0.2) is 17.5 Å². The van der Waals surface area contributed by atoms with E-state index in [1.54, 1.807) is 0 Å². The Labute approximate surface area is 188 Å². The molecule has 0 spiro atoms. The molecule has 1 heterocycles. The first-order valence-electron chi connectivity index (χ1n) is 10.7. The maximum absolute atomic E-state index is 4.81. The lowest BCUT2D eigenvalue weighted by Gasteiger charge is -2.09. The highest BCUT2D eigenvalue weighted by molar-refractivity contribution is 5.71. The molecule has 0 saturated heterocycles. The van der Waals surface area contributed by atoms with Crippen LogP contribution in [0.4, 0.5) is 0 Å². The molecule has 5 rings (SSSR count). The third kappa shape index (κ3) is 4.19. The minimum absolute atomic E-state index is 0.671. The fourth-order valence-electron chi connectivity index (χ4n) is 3.89. The minimum Gasteiger partial charge on any atom is -0.208 e. The van der Waals surface area contributed by atoms with Gasteiger partial charge in [0.25, 0.3) is 0 Å². The van der Waals surface area contributed by atoms with Crippen LogP contribution in [0.2, 0.25) is 0 Å². The van der Waals surface area contributed by atoms with Gasteiger partial charge in [-0.2, -0.15) is 0 Å². The average molecular weight is 414 g/mol. The summed E-state index contributed by atoms with van der Waals surface area (Å²) in [6.45, 7) is 4.26. The third-order valence-corrected chi connectivity index (χ3v) is 5.40. The number of aryl methyl sites for hydroxylation is 2. The maximum Gasteiger partial charge on any atom is 0.164 e. The molecule has 3 nitrogen and oxygen atoms in total. The van der Waals surface area contributed by atoms with Crippen molar-refractivity contribution in [3.8, 4) is 45.3 Å². The number of nitrogens with zero attached hydrogens (tertiary/aromatic N) is 3. The summed E-state index contributed by atoms with van der Waals surface area (Å²) in [7, 11) is 0. The van der Waals surface area contributed by atoms with Crippen LogP contribution < -0.4 is 0 Å². The van der Waals surface area contributed by atoms with E-state index >= 15 is 0 Å². The SMILES string of the molecule is Cc1cc(C)cc(-c2ccc(-c3nc(-c4ccccc4)nc(-c4ccccc4)n3)cc2)c1. The molecule has 0 bridgehead atoms. The van der Waals surface area contributed by atoms with Gasteiger partial charge in [-0.3, -0.25) is 0 Å². The van der Waals surface area contributed by atoms with Gasteiger partial charge < -0.3 is 0 Å². The van der Waals surface area contributed by atoms with E-state index in [0.29, 0.717) is 17.5 Å². The summed E-state index contributed by atoms with van der Waals surface area (Å²) >= 11 is 0. The molecule has 0 radical (unpaired) electrons. The lowest BCUT2D eigenvalue weighted by Crippen LogP contribution is -2.00. The average Bonchev–Trinajstić information content (AvgIpc) is 2.84. The van der Waals surface area contributed by atoms with Crippen LogP contribution in [0.25, 0.3) is 45.3 Å². The highest BCUT2D eigenvalue weighted by Gasteiger charge is 2.12. The molecule has 0 aliphatic carbocycles. The molecule has 0 unspecified atom stereocenters. The molecule has 4 aromatic carbocycles. The fraction of sp³-hybridized carbons (Fsp3) is 0.0690. The monoisotopic (exact) mass is 413 g/mol. The second-order valence-electron chi connectivity index (χ2n) is 7.99. The maximum atomic E-state index is 4.81. The lowest BCUT2D eigenvalue weighted by molar-refractivity contribution is 1.07. The molecule has 0 saturated carbocycles. The van der Waals surface area contributed by atoms with Gasteiger partial charge in [0.1, 0.15) is 0 Å². The van der Waals surface area contributed by atoms with Crippen molar-refractivity contribution in [3.05, 3.63) is 114 Å². The first-order valence-corrected chi connectivity index (χ1v) is 10.7. The summed E-state index contributed by atoms with van der Waals surface area (Å²) in [5.74, 6) is 2.02. The molecule has 1 aromatic heterocycles. The van der Waals surface area contributed by atoms with E-state index in [4.69, 9.17) is 15.0 Å². The van der Waals surface area contributed by atoms with Crippen molar-refractivity contribution < 1.29 is 0 Å².